The maximum atomic E-state index is 12.4. The molecule has 3 rings (SSSR count). The van der Waals surface area contributed by atoms with Crippen LogP contribution in [0, 0.1) is 17.0 Å². The van der Waals surface area contributed by atoms with E-state index in [0.29, 0.717) is 23.4 Å². The van der Waals surface area contributed by atoms with E-state index in [1.165, 1.54) is 18.2 Å². The SMILES string of the molecule is Cc1cc(C(=O)Nc2cccc(Cn3cccn3)c2)ccc1[N+](=O)[O-]. The van der Waals surface area contributed by atoms with Gasteiger partial charge in [-0.05, 0) is 42.8 Å². The van der Waals surface area contributed by atoms with Crippen LogP contribution in [0.2, 0.25) is 0 Å². The molecule has 0 aliphatic rings. The average Bonchev–Trinajstić information content (AvgIpc) is 3.07. The Balaban J connectivity index is 1.74. The van der Waals surface area contributed by atoms with E-state index in [-0.39, 0.29) is 11.6 Å². The van der Waals surface area contributed by atoms with Crippen molar-refractivity contribution in [1.82, 2.24) is 9.78 Å². The highest BCUT2D eigenvalue weighted by Crippen LogP contribution is 2.20. The fourth-order valence-corrected chi connectivity index (χ4v) is 2.53. The van der Waals surface area contributed by atoms with Crippen LogP contribution in [0.15, 0.2) is 60.9 Å². The lowest BCUT2D eigenvalue weighted by Gasteiger charge is -2.08. The molecule has 0 bridgehead atoms. The van der Waals surface area contributed by atoms with Crippen LogP contribution in [0.25, 0.3) is 0 Å². The van der Waals surface area contributed by atoms with Gasteiger partial charge in [-0.25, -0.2) is 0 Å². The first-order valence-electron chi connectivity index (χ1n) is 7.66. The first-order chi connectivity index (χ1) is 12.0. The van der Waals surface area contributed by atoms with E-state index >= 15 is 0 Å². The quantitative estimate of drug-likeness (QED) is 0.571. The van der Waals surface area contributed by atoms with Gasteiger partial charge in [-0.1, -0.05) is 12.1 Å². The molecule has 7 nitrogen and oxygen atoms in total. The number of nitrogens with one attached hydrogen (secondary N) is 1. The number of anilines is 1. The molecule has 1 heterocycles. The lowest BCUT2D eigenvalue weighted by atomic mass is 10.1. The Morgan fingerprint density at radius 1 is 1.24 bits per heavy atom. The molecular formula is C18H16N4O3. The van der Waals surface area contributed by atoms with Crippen molar-refractivity contribution < 1.29 is 9.72 Å². The maximum Gasteiger partial charge on any atom is 0.272 e. The average molecular weight is 336 g/mol. The fraction of sp³-hybridized carbons (Fsp3) is 0.111. The number of nitrogens with zero attached hydrogens (tertiary/aromatic N) is 3. The van der Waals surface area contributed by atoms with Crippen molar-refractivity contribution in [1.29, 1.82) is 0 Å². The van der Waals surface area contributed by atoms with E-state index in [0.717, 1.165) is 5.56 Å². The van der Waals surface area contributed by atoms with Crippen LogP contribution in [-0.2, 0) is 6.54 Å². The van der Waals surface area contributed by atoms with E-state index in [1.807, 2.05) is 30.5 Å². The van der Waals surface area contributed by atoms with Gasteiger partial charge < -0.3 is 5.32 Å². The van der Waals surface area contributed by atoms with E-state index < -0.39 is 4.92 Å². The molecule has 0 saturated heterocycles. The van der Waals surface area contributed by atoms with Gasteiger partial charge >= 0.3 is 0 Å². The molecule has 0 spiro atoms. The molecule has 3 aromatic rings. The molecule has 0 unspecified atom stereocenters. The zero-order chi connectivity index (χ0) is 17.8. The summed E-state index contributed by atoms with van der Waals surface area (Å²) >= 11 is 0. The summed E-state index contributed by atoms with van der Waals surface area (Å²) in [7, 11) is 0. The largest absolute Gasteiger partial charge is 0.322 e. The third-order valence-corrected chi connectivity index (χ3v) is 3.74. The smallest absolute Gasteiger partial charge is 0.272 e. The van der Waals surface area contributed by atoms with Crippen molar-refractivity contribution in [2.75, 3.05) is 5.32 Å². The van der Waals surface area contributed by atoms with Gasteiger partial charge in [0.15, 0.2) is 0 Å². The predicted octanol–water partition coefficient (Wildman–Crippen LogP) is 3.40. The summed E-state index contributed by atoms with van der Waals surface area (Å²) in [5.41, 5.74) is 2.48. The van der Waals surface area contributed by atoms with E-state index in [2.05, 4.69) is 10.4 Å². The summed E-state index contributed by atoms with van der Waals surface area (Å²) < 4.78 is 1.79. The summed E-state index contributed by atoms with van der Waals surface area (Å²) in [5, 5.41) is 17.8. The van der Waals surface area contributed by atoms with Crippen LogP contribution >= 0.6 is 0 Å². The second-order valence-electron chi connectivity index (χ2n) is 5.62. The van der Waals surface area contributed by atoms with Crippen molar-refractivity contribution in [2.45, 2.75) is 13.5 Å². The highest BCUT2D eigenvalue weighted by Gasteiger charge is 2.14. The molecule has 25 heavy (non-hydrogen) atoms. The van der Waals surface area contributed by atoms with Crippen molar-refractivity contribution in [3.8, 4) is 0 Å². The van der Waals surface area contributed by atoms with Crippen LogP contribution in [-0.4, -0.2) is 20.6 Å². The lowest BCUT2D eigenvalue weighted by Crippen LogP contribution is -2.12. The molecule has 1 aromatic heterocycles. The van der Waals surface area contributed by atoms with Gasteiger partial charge in [0.05, 0.1) is 11.5 Å². The van der Waals surface area contributed by atoms with E-state index in [4.69, 9.17) is 0 Å². The topological polar surface area (TPSA) is 90.1 Å². The summed E-state index contributed by atoms with van der Waals surface area (Å²) in [5.74, 6) is -0.311. The molecule has 0 atom stereocenters. The number of nitro groups is 1. The first-order valence-corrected chi connectivity index (χ1v) is 7.66. The van der Waals surface area contributed by atoms with Gasteiger partial charge in [-0.15, -0.1) is 0 Å². The number of benzene rings is 2. The van der Waals surface area contributed by atoms with Crippen molar-refractivity contribution >= 4 is 17.3 Å². The lowest BCUT2D eigenvalue weighted by molar-refractivity contribution is -0.385. The third-order valence-electron chi connectivity index (χ3n) is 3.74. The van der Waals surface area contributed by atoms with Crippen LogP contribution < -0.4 is 5.32 Å². The molecule has 2 aromatic carbocycles. The molecule has 0 fully saturated rings. The molecule has 0 aliphatic carbocycles. The molecule has 0 radical (unpaired) electrons. The Hall–Kier alpha value is -3.48. The van der Waals surface area contributed by atoms with Gasteiger partial charge in [-0.3, -0.25) is 19.6 Å². The zero-order valence-electron chi connectivity index (χ0n) is 13.5. The number of aryl methyl sites for hydroxylation is 1. The zero-order valence-corrected chi connectivity index (χ0v) is 13.5. The maximum absolute atomic E-state index is 12.4. The number of carbonyl (C=O) groups is 1. The highest BCUT2D eigenvalue weighted by molar-refractivity contribution is 6.04. The van der Waals surface area contributed by atoms with Gasteiger partial charge in [0, 0.05) is 35.3 Å². The third kappa shape index (κ3) is 3.89. The number of rotatable bonds is 5. The second-order valence-corrected chi connectivity index (χ2v) is 5.62. The van der Waals surface area contributed by atoms with Crippen molar-refractivity contribution in [3.63, 3.8) is 0 Å². The number of hydrogen-bond acceptors (Lipinski definition) is 4. The number of nitro benzene ring substituents is 1. The predicted molar refractivity (Wildman–Crippen MR) is 93.6 cm³/mol. The standard InChI is InChI=1S/C18H16N4O3/c1-13-10-15(6-7-17(13)22(24)25)18(23)20-16-5-2-4-14(11-16)12-21-9-3-8-19-21/h2-11H,12H2,1H3,(H,20,23). The van der Waals surface area contributed by atoms with E-state index in [9.17, 15) is 14.9 Å². The Bertz CT molecular complexity index is 920. The summed E-state index contributed by atoms with van der Waals surface area (Å²) in [4.78, 5) is 22.8. The Labute approximate surface area is 144 Å². The van der Waals surface area contributed by atoms with Crippen molar-refractivity contribution in [3.05, 3.63) is 87.7 Å². The number of aromatic nitrogens is 2. The molecule has 0 aliphatic heterocycles. The summed E-state index contributed by atoms with van der Waals surface area (Å²) in [6.45, 7) is 2.22. The Kier molecular flexibility index (Phi) is 4.56. The minimum Gasteiger partial charge on any atom is -0.322 e. The minimum atomic E-state index is -0.463. The normalized spacial score (nSPS) is 10.4. The van der Waals surface area contributed by atoms with Crippen LogP contribution in [0.4, 0.5) is 11.4 Å². The minimum absolute atomic E-state index is 0.00206. The summed E-state index contributed by atoms with van der Waals surface area (Å²) in [6, 6.07) is 13.6. The van der Waals surface area contributed by atoms with Gasteiger partial charge in [0.25, 0.3) is 11.6 Å². The number of carbonyl (C=O) groups excluding carboxylic acids is 1. The molecular weight excluding hydrogens is 320 g/mol. The second kappa shape index (κ2) is 6.96. The molecule has 0 saturated carbocycles. The van der Waals surface area contributed by atoms with Crippen LogP contribution in [0.5, 0.6) is 0 Å². The molecule has 126 valence electrons. The van der Waals surface area contributed by atoms with Crippen molar-refractivity contribution in [2.24, 2.45) is 0 Å². The molecule has 1 N–H and O–H groups in total. The van der Waals surface area contributed by atoms with Gasteiger partial charge in [-0.2, -0.15) is 5.10 Å². The number of amides is 1. The number of hydrogen-bond donors (Lipinski definition) is 1. The van der Waals surface area contributed by atoms with Crippen LogP contribution in [0.1, 0.15) is 21.5 Å². The highest BCUT2D eigenvalue weighted by atomic mass is 16.6. The van der Waals surface area contributed by atoms with Gasteiger partial charge in [0.2, 0.25) is 0 Å². The Morgan fingerprint density at radius 3 is 2.76 bits per heavy atom. The van der Waals surface area contributed by atoms with E-state index in [1.54, 1.807) is 23.9 Å². The van der Waals surface area contributed by atoms with Gasteiger partial charge in [0.1, 0.15) is 0 Å². The molecule has 1 amide bonds. The first kappa shape index (κ1) is 16.4. The molecule has 7 heteroatoms. The summed E-state index contributed by atoms with van der Waals surface area (Å²) in [6.07, 6.45) is 3.58. The Morgan fingerprint density at radius 2 is 2.08 bits per heavy atom. The monoisotopic (exact) mass is 336 g/mol. The van der Waals surface area contributed by atoms with Crippen LogP contribution in [0.3, 0.4) is 0 Å². The fourth-order valence-electron chi connectivity index (χ4n) is 2.53.